The van der Waals surface area contributed by atoms with Gasteiger partial charge in [-0.2, -0.15) is 0 Å². The second kappa shape index (κ2) is 8.26. The van der Waals surface area contributed by atoms with Crippen LogP contribution in [0, 0.1) is 0 Å². The lowest BCUT2D eigenvalue weighted by atomic mass is 10.0. The van der Waals surface area contributed by atoms with Crippen molar-refractivity contribution in [1.82, 2.24) is 24.4 Å². The molecule has 0 saturated carbocycles. The average molecular weight is 433 g/mol. The first-order valence-corrected chi connectivity index (χ1v) is 11.2. The highest BCUT2D eigenvalue weighted by atomic mass is 16.2. The van der Waals surface area contributed by atoms with Crippen molar-refractivity contribution in [3.63, 3.8) is 0 Å². The van der Waals surface area contributed by atoms with Crippen LogP contribution in [0.1, 0.15) is 40.9 Å². The van der Waals surface area contributed by atoms with Crippen LogP contribution in [-0.4, -0.2) is 56.5 Å². The van der Waals surface area contributed by atoms with Crippen LogP contribution in [0.4, 0.5) is 5.82 Å². The lowest BCUT2D eigenvalue weighted by Gasteiger charge is -2.38. The first-order valence-electron chi connectivity index (χ1n) is 11.2. The molecule has 166 valence electrons. The molecule has 0 spiro atoms. The van der Waals surface area contributed by atoms with Crippen LogP contribution >= 0.6 is 0 Å². The van der Waals surface area contributed by atoms with Gasteiger partial charge in [0.1, 0.15) is 17.7 Å². The van der Waals surface area contributed by atoms with E-state index in [1.54, 1.807) is 30.9 Å². The molecule has 2 aliphatic rings. The number of H-pyrrole nitrogens is 1. The summed E-state index contributed by atoms with van der Waals surface area (Å²) in [5.74, 6) is 1.01. The number of allylic oxidation sites excluding steroid dienone is 1. The number of anilines is 1. The van der Waals surface area contributed by atoms with Gasteiger partial charge in [0.15, 0.2) is 0 Å². The number of carbonyl (C=O) groups is 1. The lowest BCUT2D eigenvalue weighted by molar-refractivity contribution is 0.0710. The van der Waals surface area contributed by atoms with Crippen LogP contribution in [0.3, 0.4) is 0 Å². The van der Waals surface area contributed by atoms with E-state index in [0.717, 1.165) is 51.0 Å². The van der Waals surface area contributed by atoms with Crippen molar-refractivity contribution in [2.24, 2.45) is 0 Å². The fourth-order valence-corrected chi connectivity index (χ4v) is 5.08. The Bertz CT molecular complexity index is 1240. The Morgan fingerprint density at radius 2 is 2.12 bits per heavy atom. The number of amides is 1. The number of fused-ring (bicyclic) bond motifs is 2. The highest BCUT2D eigenvalue weighted by Gasteiger charge is 2.30. The van der Waals surface area contributed by atoms with Crippen molar-refractivity contribution in [2.45, 2.75) is 44.7 Å². The summed E-state index contributed by atoms with van der Waals surface area (Å²) in [5, 5.41) is 0.668. The highest BCUT2D eigenvalue weighted by molar-refractivity contribution is 6.06. The summed E-state index contributed by atoms with van der Waals surface area (Å²) in [5.41, 5.74) is 3.35. The number of aromatic nitrogens is 4. The number of rotatable bonds is 5. The van der Waals surface area contributed by atoms with Gasteiger partial charge in [-0.25, -0.2) is 9.97 Å². The van der Waals surface area contributed by atoms with E-state index in [0.29, 0.717) is 23.0 Å². The minimum atomic E-state index is -0.144. The van der Waals surface area contributed by atoms with Gasteiger partial charge in [-0.3, -0.25) is 9.59 Å². The first-order chi connectivity index (χ1) is 15.6. The summed E-state index contributed by atoms with van der Waals surface area (Å²) < 4.78 is 1.53. The Morgan fingerprint density at radius 1 is 1.31 bits per heavy atom. The summed E-state index contributed by atoms with van der Waals surface area (Å²) in [6.45, 7) is 5.81. The van der Waals surface area contributed by atoms with Gasteiger partial charge in [-0.15, -0.1) is 6.58 Å². The molecule has 1 aliphatic carbocycles. The van der Waals surface area contributed by atoms with Gasteiger partial charge in [0, 0.05) is 61.8 Å². The van der Waals surface area contributed by atoms with Gasteiger partial charge >= 0.3 is 0 Å². The van der Waals surface area contributed by atoms with Crippen LogP contribution in [0.25, 0.3) is 10.9 Å². The number of aromatic amines is 1. The van der Waals surface area contributed by atoms with Crippen LogP contribution < -0.4 is 10.5 Å². The summed E-state index contributed by atoms with van der Waals surface area (Å²) in [6, 6.07) is 1.94. The maximum Gasteiger partial charge on any atom is 0.275 e. The molecule has 0 radical (unpaired) electrons. The average Bonchev–Trinajstić information content (AvgIpc) is 3.50. The lowest BCUT2D eigenvalue weighted by Crippen LogP contribution is -2.46. The van der Waals surface area contributed by atoms with E-state index < -0.39 is 0 Å². The molecule has 3 aromatic heterocycles. The summed E-state index contributed by atoms with van der Waals surface area (Å²) in [7, 11) is 1.87. The van der Waals surface area contributed by atoms with E-state index in [4.69, 9.17) is 0 Å². The molecule has 1 amide bonds. The zero-order chi connectivity index (χ0) is 22.2. The molecule has 0 aromatic carbocycles. The normalized spacial score (nSPS) is 16.3. The fraction of sp³-hybridized carbons (Fsp3) is 0.417. The van der Waals surface area contributed by atoms with E-state index in [9.17, 15) is 9.59 Å². The smallest absolute Gasteiger partial charge is 0.275 e. The maximum absolute atomic E-state index is 13.5. The monoisotopic (exact) mass is 432 g/mol. The van der Waals surface area contributed by atoms with Crippen LogP contribution in [0.5, 0.6) is 0 Å². The second-order valence-electron chi connectivity index (χ2n) is 8.67. The van der Waals surface area contributed by atoms with Gasteiger partial charge in [-0.05, 0) is 38.2 Å². The van der Waals surface area contributed by atoms with Gasteiger partial charge in [0.25, 0.3) is 11.5 Å². The Kier molecular flexibility index (Phi) is 5.28. The Balaban J connectivity index is 1.34. The summed E-state index contributed by atoms with van der Waals surface area (Å²) >= 11 is 0. The molecule has 3 aromatic rings. The molecular weight excluding hydrogens is 404 g/mol. The van der Waals surface area contributed by atoms with Crippen LogP contribution in [0.2, 0.25) is 0 Å². The van der Waals surface area contributed by atoms with Crippen molar-refractivity contribution >= 4 is 22.6 Å². The molecule has 1 saturated heterocycles. The minimum Gasteiger partial charge on any atom is -0.357 e. The second-order valence-corrected chi connectivity index (χ2v) is 8.67. The predicted molar refractivity (Wildman–Crippen MR) is 124 cm³/mol. The van der Waals surface area contributed by atoms with Crippen molar-refractivity contribution in [3.05, 3.63) is 64.6 Å². The Morgan fingerprint density at radius 3 is 2.91 bits per heavy atom. The van der Waals surface area contributed by atoms with E-state index in [1.165, 1.54) is 15.8 Å². The third-order valence-corrected chi connectivity index (χ3v) is 6.84. The number of hydrogen-bond acceptors (Lipinski definition) is 5. The quantitative estimate of drug-likeness (QED) is 0.626. The van der Waals surface area contributed by atoms with E-state index in [1.807, 2.05) is 11.9 Å². The SMILES string of the molecule is C=CCn1cc(C(=O)N(C)C2CCN(c3ncnc4c3CCC4)CC2)c2cc[nH]c2c1=O. The van der Waals surface area contributed by atoms with Gasteiger partial charge in [0.05, 0.1) is 5.56 Å². The van der Waals surface area contributed by atoms with E-state index >= 15 is 0 Å². The van der Waals surface area contributed by atoms with Gasteiger partial charge in [-0.1, -0.05) is 6.08 Å². The third kappa shape index (κ3) is 3.39. The molecule has 32 heavy (non-hydrogen) atoms. The zero-order valence-electron chi connectivity index (χ0n) is 18.4. The molecule has 1 aliphatic heterocycles. The molecule has 1 N–H and O–H groups in total. The van der Waals surface area contributed by atoms with Crippen molar-refractivity contribution in [2.75, 3.05) is 25.0 Å². The fourth-order valence-electron chi connectivity index (χ4n) is 5.08. The predicted octanol–water partition coefficient (Wildman–Crippen LogP) is 2.54. The van der Waals surface area contributed by atoms with E-state index in [2.05, 4.69) is 26.4 Å². The largest absolute Gasteiger partial charge is 0.357 e. The first kappa shape index (κ1) is 20.5. The molecule has 1 fully saturated rings. The Hall–Kier alpha value is -3.42. The Labute approximate surface area is 186 Å². The van der Waals surface area contributed by atoms with Gasteiger partial charge in [0.2, 0.25) is 0 Å². The topological polar surface area (TPSA) is 87.1 Å². The highest BCUT2D eigenvalue weighted by Crippen LogP contribution is 2.30. The third-order valence-electron chi connectivity index (χ3n) is 6.84. The zero-order valence-corrected chi connectivity index (χ0v) is 18.4. The molecule has 4 heterocycles. The summed E-state index contributed by atoms with van der Waals surface area (Å²) in [6.07, 6.45) is 11.7. The van der Waals surface area contributed by atoms with Crippen molar-refractivity contribution < 1.29 is 4.79 Å². The molecule has 5 rings (SSSR count). The number of nitrogens with zero attached hydrogens (tertiary/aromatic N) is 5. The van der Waals surface area contributed by atoms with Crippen LogP contribution in [-0.2, 0) is 19.4 Å². The number of hydrogen-bond donors (Lipinski definition) is 1. The molecule has 8 nitrogen and oxygen atoms in total. The molecular formula is C24H28N6O2. The summed E-state index contributed by atoms with van der Waals surface area (Å²) in [4.78, 5) is 42.3. The molecule has 0 unspecified atom stereocenters. The van der Waals surface area contributed by atoms with Gasteiger partial charge < -0.3 is 19.4 Å². The molecule has 0 atom stereocenters. The number of aryl methyl sites for hydroxylation is 1. The van der Waals surface area contributed by atoms with Crippen molar-refractivity contribution in [3.8, 4) is 0 Å². The standard InChI is InChI=1S/C24H28N6O2/c1-3-11-30-14-19(17-7-10-25-21(17)24(30)32)23(31)28(2)16-8-12-29(13-9-16)22-18-5-4-6-20(18)26-15-27-22/h3,7,10,14-16,25H,1,4-6,8-9,11-13H2,2H3. The van der Waals surface area contributed by atoms with Crippen LogP contribution in [0.15, 0.2) is 42.2 Å². The minimum absolute atomic E-state index is 0.0613. The number of pyridine rings is 1. The maximum atomic E-state index is 13.5. The number of carbonyl (C=O) groups excluding carboxylic acids is 1. The van der Waals surface area contributed by atoms with Crippen molar-refractivity contribution in [1.29, 1.82) is 0 Å². The number of nitrogens with one attached hydrogen (secondary N) is 1. The molecule has 8 heteroatoms. The van der Waals surface area contributed by atoms with E-state index in [-0.39, 0.29) is 17.5 Å². The number of piperidine rings is 1. The molecule has 0 bridgehead atoms.